The summed E-state index contributed by atoms with van der Waals surface area (Å²) in [6.07, 6.45) is 9.33. The van der Waals surface area contributed by atoms with Crippen LogP contribution in [-0.4, -0.2) is 58.0 Å². The summed E-state index contributed by atoms with van der Waals surface area (Å²) in [5, 5.41) is 17.0. The number of carbonyl (C=O) groups excluding carboxylic acids is 1. The minimum absolute atomic E-state index is 0.0150. The van der Waals surface area contributed by atoms with Gasteiger partial charge in [0.05, 0.1) is 12.3 Å². The van der Waals surface area contributed by atoms with Gasteiger partial charge in [-0.3, -0.25) is 9.48 Å². The number of nitrogens with zero attached hydrogens (tertiary/aromatic N) is 3. The maximum absolute atomic E-state index is 11.8. The lowest BCUT2D eigenvalue weighted by atomic mass is 10.2. The van der Waals surface area contributed by atoms with Gasteiger partial charge in [-0.1, -0.05) is 12.8 Å². The largest absolute Gasteiger partial charge is 0.390 e. The van der Waals surface area contributed by atoms with E-state index in [1.807, 2.05) is 13.2 Å². The molecule has 1 aromatic heterocycles. The van der Waals surface area contributed by atoms with E-state index >= 15 is 0 Å². The zero-order valence-electron chi connectivity index (χ0n) is 13.5. The summed E-state index contributed by atoms with van der Waals surface area (Å²) in [6.45, 7) is 3.11. The highest BCUT2D eigenvalue weighted by atomic mass is 16.3. The monoisotopic (exact) mass is 308 g/mol. The van der Waals surface area contributed by atoms with E-state index in [1.54, 1.807) is 10.9 Å². The Morgan fingerprint density at radius 3 is 2.73 bits per heavy atom. The first kappa shape index (κ1) is 17.0. The molecule has 1 aromatic rings. The summed E-state index contributed by atoms with van der Waals surface area (Å²) in [5.41, 5.74) is 1.06. The molecule has 1 amide bonds. The SMILES string of the molecule is Cn1cc(CCC(=O)NCC(O)CN2CCCCCC2)cn1. The Morgan fingerprint density at radius 1 is 1.36 bits per heavy atom. The predicted octanol–water partition coefficient (Wildman–Crippen LogP) is 0.706. The molecule has 1 unspecified atom stereocenters. The van der Waals surface area contributed by atoms with E-state index in [0.29, 0.717) is 25.9 Å². The van der Waals surface area contributed by atoms with Gasteiger partial charge in [0.15, 0.2) is 0 Å². The molecule has 6 heteroatoms. The van der Waals surface area contributed by atoms with E-state index in [9.17, 15) is 9.90 Å². The molecule has 1 fully saturated rings. The minimum atomic E-state index is -0.486. The van der Waals surface area contributed by atoms with Gasteiger partial charge in [-0.25, -0.2) is 0 Å². The van der Waals surface area contributed by atoms with Crippen LogP contribution in [0.4, 0.5) is 0 Å². The molecular formula is C16H28N4O2. The average Bonchev–Trinajstić information content (AvgIpc) is 2.74. The van der Waals surface area contributed by atoms with Gasteiger partial charge in [0.1, 0.15) is 0 Å². The zero-order valence-corrected chi connectivity index (χ0v) is 13.5. The van der Waals surface area contributed by atoms with Crippen LogP contribution in [0.2, 0.25) is 0 Å². The molecule has 1 aliphatic heterocycles. The number of β-amino-alcohol motifs (C(OH)–C–C–N with tert-alkyl or cyclic N) is 1. The van der Waals surface area contributed by atoms with Crippen LogP contribution in [0.1, 0.15) is 37.7 Å². The van der Waals surface area contributed by atoms with Crippen molar-refractivity contribution in [3.05, 3.63) is 18.0 Å². The van der Waals surface area contributed by atoms with Crippen molar-refractivity contribution in [3.63, 3.8) is 0 Å². The van der Waals surface area contributed by atoms with E-state index in [4.69, 9.17) is 0 Å². The first-order chi connectivity index (χ1) is 10.6. The molecule has 0 aliphatic carbocycles. The van der Waals surface area contributed by atoms with Crippen molar-refractivity contribution in [2.24, 2.45) is 7.05 Å². The van der Waals surface area contributed by atoms with E-state index < -0.39 is 6.10 Å². The number of aliphatic hydroxyl groups excluding tert-OH is 1. The van der Waals surface area contributed by atoms with Crippen LogP contribution in [0.25, 0.3) is 0 Å². The molecule has 2 heterocycles. The topological polar surface area (TPSA) is 70.4 Å². The number of hydrogen-bond donors (Lipinski definition) is 2. The number of hydrogen-bond acceptors (Lipinski definition) is 4. The highest BCUT2D eigenvalue weighted by Crippen LogP contribution is 2.09. The molecule has 0 aromatic carbocycles. The van der Waals surface area contributed by atoms with Crippen molar-refractivity contribution in [2.75, 3.05) is 26.2 Å². The fourth-order valence-electron chi connectivity index (χ4n) is 2.86. The smallest absolute Gasteiger partial charge is 0.220 e. The minimum Gasteiger partial charge on any atom is -0.390 e. The lowest BCUT2D eigenvalue weighted by Gasteiger charge is -2.23. The molecule has 1 saturated heterocycles. The second-order valence-corrected chi connectivity index (χ2v) is 6.19. The Hall–Kier alpha value is -1.40. The molecule has 6 nitrogen and oxygen atoms in total. The molecule has 1 aliphatic rings. The Balaban J connectivity index is 1.60. The molecule has 1 atom stereocenters. The fourth-order valence-corrected chi connectivity index (χ4v) is 2.86. The first-order valence-corrected chi connectivity index (χ1v) is 8.28. The number of rotatable bonds is 7. The maximum Gasteiger partial charge on any atom is 0.220 e. The summed E-state index contributed by atoms with van der Waals surface area (Å²) < 4.78 is 1.73. The van der Waals surface area contributed by atoms with Crippen LogP contribution in [0.3, 0.4) is 0 Å². The van der Waals surface area contributed by atoms with Crippen LogP contribution >= 0.6 is 0 Å². The molecule has 0 bridgehead atoms. The van der Waals surface area contributed by atoms with Gasteiger partial charge in [0, 0.05) is 32.8 Å². The number of aromatic nitrogens is 2. The van der Waals surface area contributed by atoms with Crippen molar-refractivity contribution in [3.8, 4) is 0 Å². The lowest BCUT2D eigenvalue weighted by Crippen LogP contribution is -2.40. The van der Waals surface area contributed by atoms with Crippen LogP contribution in [0.15, 0.2) is 12.4 Å². The molecular weight excluding hydrogens is 280 g/mol. The number of aryl methyl sites for hydroxylation is 2. The number of carbonyl (C=O) groups is 1. The average molecular weight is 308 g/mol. The summed E-state index contributed by atoms with van der Waals surface area (Å²) in [5.74, 6) is -0.0150. The number of nitrogens with one attached hydrogen (secondary N) is 1. The molecule has 2 rings (SSSR count). The van der Waals surface area contributed by atoms with Crippen molar-refractivity contribution >= 4 is 5.91 Å². The molecule has 22 heavy (non-hydrogen) atoms. The maximum atomic E-state index is 11.8. The van der Waals surface area contributed by atoms with Crippen molar-refractivity contribution in [1.29, 1.82) is 0 Å². The summed E-state index contributed by atoms with van der Waals surface area (Å²) in [6, 6.07) is 0. The van der Waals surface area contributed by atoms with Crippen LogP contribution < -0.4 is 5.32 Å². The summed E-state index contributed by atoms with van der Waals surface area (Å²) in [4.78, 5) is 14.1. The second kappa shape index (κ2) is 8.90. The Kier molecular flexibility index (Phi) is 6.86. The van der Waals surface area contributed by atoms with Gasteiger partial charge in [-0.05, 0) is 37.9 Å². The van der Waals surface area contributed by atoms with Crippen molar-refractivity contribution in [1.82, 2.24) is 20.0 Å². The molecule has 0 saturated carbocycles. The van der Waals surface area contributed by atoms with Gasteiger partial charge in [0.2, 0.25) is 5.91 Å². The quantitative estimate of drug-likeness (QED) is 0.778. The number of likely N-dealkylation sites (tertiary alicyclic amines) is 1. The first-order valence-electron chi connectivity index (χ1n) is 8.28. The van der Waals surface area contributed by atoms with E-state index in [2.05, 4.69) is 15.3 Å². The van der Waals surface area contributed by atoms with Crippen molar-refractivity contribution in [2.45, 2.75) is 44.6 Å². The molecule has 0 radical (unpaired) electrons. The third kappa shape index (κ3) is 6.15. The van der Waals surface area contributed by atoms with Crippen molar-refractivity contribution < 1.29 is 9.90 Å². The van der Waals surface area contributed by atoms with Gasteiger partial charge >= 0.3 is 0 Å². The predicted molar refractivity (Wildman–Crippen MR) is 85.5 cm³/mol. The Bertz CT molecular complexity index is 453. The number of amides is 1. The van der Waals surface area contributed by atoms with Gasteiger partial charge in [0.25, 0.3) is 0 Å². The van der Waals surface area contributed by atoms with Crippen LogP contribution in [-0.2, 0) is 18.3 Å². The van der Waals surface area contributed by atoms with E-state index in [-0.39, 0.29) is 5.91 Å². The van der Waals surface area contributed by atoms with Gasteiger partial charge in [-0.2, -0.15) is 5.10 Å². The Morgan fingerprint density at radius 2 is 2.09 bits per heavy atom. The summed E-state index contributed by atoms with van der Waals surface area (Å²) in [7, 11) is 1.86. The normalized spacial score (nSPS) is 17.9. The van der Waals surface area contributed by atoms with E-state index in [0.717, 1.165) is 18.7 Å². The van der Waals surface area contributed by atoms with Crippen LogP contribution in [0, 0.1) is 0 Å². The van der Waals surface area contributed by atoms with Gasteiger partial charge in [-0.15, -0.1) is 0 Å². The highest BCUT2D eigenvalue weighted by molar-refractivity contribution is 5.76. The molecule has 124 valence electrons. The fraction of sp³-hybridized carbons (Fsp3) is 0.750. The number of aliphatic hydroxyl groups is 1. The molecule has 2 N–H and O–H groups in total. The van der Waals surface area contributed by atoms with Gasteiger partial charge < -0.3 is 15.3 Å². The van der Waals surface area contributed by atoms with Crippen LogP contribution in [0.5, 0.6) is 0 Å². The Labute approximate surface area is 132 Å². The van der Waals surface area contributed by atoms with E-state index in [1.165, 1.54) is 25.7 Å². The third-order valence-electron chi connectivity index (χ3n) is 4.10. The summed E-state index contributed by atoms with van der Waals surface area (Å²) >= 11 is 0. The zero-order chi connectivity index (χ0) is 15.8. The second-order valence-electron chi connectivity index (χ2n) is 6.19. The standard InChI is InChI=1S/C16H28N4O2/c1-19-12-14(10-18-19)6-7-16(22)17-11-15(21)13-20-8-4-2-3-5-9-20/h10,12,15,21H,2-9,11,13H2,1H3,(H,17,22). The third-order valence-corrected chi connectivity index (χ3v) is 4.10. The highest BCUT2D eigenvalue weighted by Gasteiger charge is 2.14. The molecule has 0 spiro atoms. The lowest BCUT2D eigenvalue weighted by molar-refractivity contribution is -0.121.